The Morgan fingerprint density at radius 1 is 1.09 bits per heavy atom. The molecule has 0 saturated carbocycles. The van der Waals surface area contributed by atoms with Crippen LogP contribution >= 0.6 is 0 Å². The van der Waals surface area contributed by atoms with Crippen molar-refractivity contribution >= 4 is 33.6 Å². The second kappa shape index (κ2) is 8.71. The van der Waals surface area contributed by atoms with Crippen molar-refractivity contribution < 1.29 is 14.3 Å². The number of carbonyl (C=O) groups excluding carboxylic acids is 2. The molecule has 1 aliphatic rings. The number of hydrogen-bond acceptors (Lipinski definition) is 4. The zero-order valence-corrected chi connectivity index (χ0v) is 20.0. The average Bonchev–Trinajstić information content (AvgIpc) is 3.29. The minimum absolute atomic E-state index is 0.176. The van der Waals surface area contributed by atoms with Gasteiger partial charge in [0.1, 0.15) is 0 Å². The van der Waals surface area contributed by atoms with Crippen molar-refractivity contribution in [3.8, 4) is 0 Å². The molecule has 4 aromatic rings. The molecule has 2 aromatic carbocycles. The maximum Gasteiger partial charge on any atom is 0.339 e. The molecule has 0 spiro atoms. The van der Waals surface area contributed by atoms with Gasteiger partial charge in [-0.05, 0) is 48.3 Å². The fourth-order valence-corrected chi connectivity index (χ4v) is 5.16. The molecule has 2 aromatic heterocycles. The van der Waals surface area contributed by atoms with Crippen LogP contribution in [0, 0.1) is 11.3 Å². The largest absolute Gasteiger partial charge is 0.454 e. The number of nitrogens with one attached hydrogen (secondary N) is 1. The van der Waals surface area contributed by atoms with Crippen molar-refractivity contribution in [2.45, 2.75) is 46.5 Å². The molecule has 34 heavy (non-hydrogen) atoms. The fourth-order valence-electron chi connectivity index (χ4n) is 5.16. The molecular weight excluding hydrogens is 424 g/mol. The van der Waals surface area contributed by atoms with E-state index < -0.39 is 5.97 Å². The van der Waals surface area contributed by atoms with Crippen molar-refractivity contribution in [1.29, 1.82) is 0 Å². The molecule has 174 valence electrons. The van der Waals surface area contributed by atoms with Crippen LogP contribution in [0.3, 0.4) is 0 Å². The van der Waals surface area contributed by atoms with E-state index in [0.29, 0.717) is 17.0 Å². The molecule has 2 heterocycles. The van der Waals surface area contributed by atoms with E-state index in [4.69, 9.17) is 9.72 Å². The van der Waals surface area contributed by atoms with Crippen LogP contribution in [-0.2, 0) is 17.6 Å². The molecule has 1 unspecified atom stereocenters. The maximum atomic E-state index is 13.5. The number of aromatic amines is 1. The number of benzene rings is 2. The van der Waals surface area contributed by atoms with Crippen molar-refractivity contribution in [3.63, 3.8) is 0 Å². The van der Waals surface area contributed by atoms with Crippen LogP contribution in [0.2, 0.25) is 0 Å². The Balaban J connectivity index is 1.47. The van der Waals surface area contributed by atoms with Crippen molar-refractivity contribution in [1.82, 2.24) is 9.97 Å². The number of nitrogens with zero attached hydrogens (tertiary/aromatic N) is 1. The molecule has 1 aliphatic carbocycles. The quantitative estimate of drug-likeness (QED) is 0.274. The molecule has 0 aliphatic heterocycles. The number of H-pyrrole nitrogens is 1. The van der Waals surface area contributed by atoms with E-state index in [-0.39, 0.29) is 17.8 Å². The molecule has 0 saturated heterocycles. The van der Waals surface area contributed by atoms with Gasteiger partial charge in [0.2, 0.25) is 5.78 Å². The van der Waals surface area contributed by atoms with Gasteiger partial charge in [0.15, 0.2) is 6.61 Å². The molecule has 0 bridgehead atoms. The van der Waals surface area contributed by atoms with Gasteiger partial charge in [-0.1, -0.05) is 63.6 Å². The zero-order valence-electron chi connectivity index (χ0n) is 20.0. The Kier molecular flexibility index (Phi) is 5.72. The lowest BCUT2D eigenvalue weighted by molar-refractivity contribution is 0.0474. The molecule has 5 nitrogen and oxygen atoms in total. The highest BCUT2D eigenvalue weighted by Gasteiger charge is 2.34. The van der Waals surface area contributed by atoms with Crippen LogP contribution < -0.4 is 0 Å². The number of esters is 1. The SMILES string of the molecule is CCC(C)(C)C1CCc2nc3ccccc3c(C(=O)OCC(=O)c3c[nH]c4ccccc34)c2C1. The second-order valence-electron chi connectivity index (χ2n) is 9.96. The third kappa shape index (κ3) is 3.89. The van der Waals surface area contributed by atoms with Crippen molar-refractivity contribution in [3.05, 3.63) is 77.1 Å². The smallest absolute Gasteiger partial charge is 0.339 e. The van der Waals surface area contributed by atoms with Gasteiger partial charge in [-0.2, -0.15) is 0 Å². The zero-order chi connectivity index (χ0) is 23.9. The number of ketones is 1. The van der Waals surface area contributed by atoms with Crippen LogP contribution in [0.5, 0.6) is 0 Å². The van der Waals surface area contributed by atoms with Crippen LogP contribution in [0.1, 0.15) is 65.6 Å². The van der Waals surface area contributed by atoms with Gasteiger partial charge in [-0.15, -0.1) is 0 Å². The first-order valence-electron chi connectivity index (χ1n) is 12.1. The summed E-state index contributed by atoms with van der Waals surface area (Å²) in [5, 5.41) is 1.63. The molecular formula is C29H30N2O3. The van der Waals surface area contributed by atoms with E-state index in [0.717, 1.165) is 58.7 Å². The summed E-state index contributed by atoms with van der Waals surface area (Å²) in [6, 6.07) is 15.3. The number of rotatable bonds is 6. The third-order valence-electron chi connectivity index (χ3n) is 7.70. The number of carbonyl (C=O) groups is 2. The Bertz CT molecular complexity index is 1400. The molecule has 1 atom stereocenters. The lowest BCUT2D eigenvalue weighted by Gasteiger charge is -2.37. The van der Waals surface area contributed by atoms with Crippen LogP contribution in [0.25, 0.3) is 21.8 Å². The van der Waals surface area contributed by atoms with Gasteiger partial charge in [0, 0.05) is 33.7 Å². The van der Waals surface area contributed by atoms with Gasteiger partial charge >= 0.3 is 5.97 Å². The summed E-state index contributed by atoms with van der Waals surface area (Å²) in [5.41, 5.74) is 4.94. The second-order valence-corrected chi connectivity index (χ2v) is 9.96. The monoisotopic (exact) mass is 454 g/mol. The maximum absolute atomic E-state index is 13.5. The predicted octanol–water partition coefficient (Wildman–Crippen LogP) is 6.30. The highest BCUT2D eigenvalue weighted by Crippen LogP contribution is 2.41. The molecule has 5 heteroatoms. The highest BCUT2D eigenvalue weighted by molar-refractivity contribution is 6.10. The lowest BCUT2D eigenvalue weighted by atomic mass is 9.68. The summed E-state index contributed by atoms with van der Waals surface area (Å²) in [7, 11) is 0. The van der Waals surface area contributed by atoms with E-state index in [9.17, 15) is 9.59 Å². The number of ether oxygens (including phenoxy) is 1. The minimum Gasteiger partial charge on any atom is -0.454 e. The summed E-state index contributed by atoms with van der Waals surface area (Å²) in [6.07, 6.45) is 5.47. The Morgan fingerprint density at radius 3 is 2.62 bits per heavy atom. The fraction of sp³-hybridized carbons (Fsp3) is 0.345. The summed E-state index contributed by atoms with van der Waals surface area (Å²) in [5.74, 6) is -0.201. The first-order chi connectivity index (χ1) is 16.4. The first-order valence-corrected chi connectivity index (χ1v) is 12.1. The van der Waals surface area contributed by atoms with Crippen LogP contribution in [0.4, 0.5) is 0 Å². The average molecular weight is 455 g/mol. The molecule has 0 fully saturated rings. The number of pyridine rings is 1. The van der Waals surface area contributed by atoms with Gasteiger partial charge in [-0.3, -0.25) is 9.78 Å². The number of Topliss-reactive ketones (excluding diaryl/α,β-unsaturated/α-hetero) is 1. The standard InChI is InChI=1S/C29H30N2O3/c1-4-29(2,3)18-13-14-25-21(15-18)27(20-10-6-8-12-24(20)31-25)28(33)34-17-26(32)22-16-30-23-11-7-5-9-19(22)23/h5-12,16,18,30H,4,13-15,17H2,1-3H3. The molecule has 5 rings (SSSR count). The van der Waals surface area contributed by atoms with E-state index in [2.05, 4.69) is 25.8 Å². The lowest BCUT2D eigenvalue weighted by Crippen LogP contribution is -2.31. The third-order valence-corrected chi connectivity index (χ3v) is 7.70. The number of hydrogen-bond donors (Lipinski definition) is 1. The summed E-state index contributed by atoms with van der Waals surface area (Å²) < 4.78 is 5.65. The number of para-hydroxylation sites is 2. The van der Waals surface area contributed by atoms with Crippen molar-refractivity contribution in [2.24, 2.45) is 11.3 Å². The first kappa shape index (κ1) is 22.3. The molecule has 0 radical (unpaired) electrons. The predicted molar refractivity (Wildman–Crippen MR) is 134 cm³/mol. The van der Waals surface area contributed by atoms with Gasteiger partial charge < -0.3 is 9.72 Å². The van der Waals surface area contributed by atoms with E-state index in [1.807, 2.05) is 48.5 Å². The molecule has 0 amide bonds. The summed E-state index contributed by atoms with van der Waals surface area (Å²) in [6.45, 7) is 6.53. The topological polar surface area (TPSA) is 72.0 Å². The van der Waals surface area contributed by atoms with Gasteiger partial charge in [0.25, 0.3) is 0 Å². The van der Waals surface area contributed by atoms with Crippen molar-refractivity contribution in [2.75, 3.05) is 6.61 Å². The summed E-state index contributed by atoms with van der Waals surface area (Å²) in [4.78, 5) is 34.4. The molecule has 1 N–H and O–H groups in total. The minimum atomic E-state index is -0.446. The van der Waals surface area contributed by atoms with E-state index in [1.54, 1.807) is 6.20 Å². The number of fused-ring (bicyclic) bond motifs is 3. The van der Waals surface area contributed by atoms with Crippen LogP contribution in [-0.4, -0.2) is 28.3 Å². The van der Waals surface area contributed by atoms with E-state index in [1.165, 1.54) is 0 Å². The normalized spacial score (nSPS) is 15.9. The highest BCUT2D eigenvalue weighted by atomic mass is 16.5. The van der Waals surface area contributed by atoms with E-state index >= 15 is 0 Å². The number of aromatic nitrogens is 2. The summed E-state index contributed by atoms with van der Waals surface area (Å²) >= 11 is 0. The Labute approximate surface area is 199 Å². The van der Waals surface area contributed by atoms with Gasteiger partial charge in [0.05, 0.1) is 11.1 Å². The Morgan fingerprint density at radius 2 is 1.82 bits per heavy atom. The Hall–Kier alpha value is -3.47. The number of aryl methyl sites for hydroxylation is 1. The van der Waals surface area contributed by atoms with Crippen LogP contribution in [0.15, 0.2) is 54.7 Å². The van der Waals surface area contributed by atoms with Gasteiger partial charge in [-0.25, -0.2) is 4.79 Å².